The molecule has 1 aromatic rings. The highest BCUT2D eigenvalue weighted by Crippen LogP contribution is 2.37. The Hall–Kier alpha value is -1.94. The molecule has 9 heteroatoms. The van der Waals surface area contributed by atoms with Gasteiger partial charge in [0.15, 0.2) is 0 Å². The van der Waals surface area contributed by atoms with Crippen molar-refractivity contribution in [3.05, 3.63) is 29.8 Å². The van der Waals surface area contributed by atoms with Crippen LogP contribution in [0.15, 0.2) is 29.2 Å². The van der Waals surface area contributed by atoms with Crippen LogP contribution in [0.4, 0.5) is 0 Å². The molecule has 1 aliphatic carbocycles. The highest BCUT2D eigenvalue weighted by atomic mass is 32.2. The number of fused-ring (bicyclic) bond motifs is 1. The molecule has 2 aliphatic rings. The number of benzene rings is 1. The van der Waals surface area contributed by atoms with E-state index in [0.717, 1.165) is 24.8 Å². The fourth-order valence-electron chi connectivity index (χ4n) is 4.18. The summed E-state index contributed by atoms with van der Waals surface area (Å²) < 4.78 is 39.6. The SMILES string of the molecule is COCC(=O)N(C)C[C@@H]1Oc2cc(C3=CCCC3)ccc2S(=O)(=O)N([C@H](C)CO)C[C@H]1C. The minimum absolute atomic E-state index is 0.0332. The molecule has 0 unspecified atom stereocenters. The number of amides is 1. The Bertz CT molecular complexity index is 961. The van der Waals surface area contributed by atoms with Gasteiger partial charge in [0.25, 0.3) is 0 Å². The standard InChI is InChI=1S/C23H34N2O6S/c1-16-12-25(17(2)14-26)32(28,29)22-10-9-19(18-7-5-6-8-18)11-20(22)31-21(16)13-24(3)23(27)15-30-4/h7,9-11,16-17,21,26H,5-6,8,12-15H2,1-4H3/t16-,17-,21+/m1/s1. The van der Waals surface area contributed by atoms with E-state index in [9.17, 15) is 18.3 Å². The molecule has 0 saturated heterocycles. The van der Waals surface area contributed by atoms with Crippen molar-refractivity contribution in [1.82, 2.24) is 9.21 Å². The summed E-state index contributed by atoms with van der Waals surface area (Å²) in [6.07, 6.45) is 4.79. The summed E-state index contributed by atoms with van der Waals surface area (Å²) in [5.74, 6) is -0.114. The van der Waals surface area contributed by atoms with Gasteiger partial charge in [0.2, 0.25) is 15.9 Å². The maximum Gasteiger partial charge on any atom is 0.248 e. The molecule has 0 bridgehead atoms. The lowest BCUT2D eigenvalue weighted by molar-refractivity contribution is -0.135. The van der Waals surface area contributed by atoms with E-state index < -0.39 is 22.2 Å². The third-order valence-electron chi connectivity index (χ3n) is 6.23. The number of aliphatic hydroxyl groups is 1. The lowest BCUT2D eigenvalue weighted by Crippen LogP contribution is -2.50. The Balaban J connectivity index is 2.04. The van der Waals surface area contributed by atoms with Gasteiger partial charge >= 0.3 is 0 Å². The minimum atomic E-state index is -3.88. The van der Waals surface area contributed by atoms with Crippen molar-refractivity contribution in [3.8, 4) is 5.75 Å². The molecule has 0 saturated carbocycles. The second-order valence-corrected chi connectivity index (χ2v) is 10.6. The molecular formula is C23H34N2O6S. The van der Waals surface area contributed by atoms with Crippen LogP contribution in [-0.2, 0) is 19.6 Å². The maximum absolute atomic E-state index is 13.5. The number of sulfonamides is 1. The van der Waals surface area contributed by atoms with Crippen LogP contribution in [0.1, 0.15) is 38.7 Å². The van der Waals surface area contributed by atoms with Crippen molar-refractivity contribution in [3.63, 3.8) is 0 Å². The number of nitrogens with zero attached hydrogens (tertiary/aromatic N) is 2. The van der Waals surface area contributed by atoms with Crippen molar-refractivity contribution >= 4 is 21.5 Å². The normalized spacial score (nSPS) is 24.0. The summed E-state index contributed by atoms with van der Waals surface area (Å²) >= 11 is 0. The molecule has 0 radical (unpaired) electrons. The Morgan fingerprint density at radius 2 is 2.16 bits per heavy atom. The first-order valence-electron chi connectivity index (χ1n) is 11.0. The van der Waals surface area contributed by atoms with E-state index in [-0.39, 0.29) is 48.8 Å². The van der Waals surface area contributed by atoms with E-state index in [1.54, 1.807) is 31.0 Å². The number of likely N-dealkylation sites (N-methyl/N-ethyl adjacent to an activating group) is 1. The van der Waals surface area contributed by atoms with Crippen LogP contribution in [0.3, 0.4) is 0 Å². The van der Waals surface area contributed by atoms with Crippen LogP contribution in [0.25, 0.3) is 5.57 Å². The summed E-state index contributed by atoms with van der Waals surface area (Å²) in [5, 5.41) is 9.73. The average Bonchev–Trinajstić information content (AvgIpc) is 3.30. The summed E-state index contributed by atoms with van der Waals surface area (Å²) in [6, 6.07) is 4.64. The summed E-state index contributed by atoms with van der Waals surface area (Å²) in [4.78, 5) is 13.9. The van der Waals surface area contributed by atoms with E-state index in [4.69, 9.17) is 9.47 Å². The first kappa shape index (κ1) is 24.7. The van der Waals surface area contributed by atoms with Crippen molar-refractivity contribution in [2.45, 2.75) is 50.2 Å². The smallest absolute Gasteiger partial charge is 0.248 e. The number of rotatable bonds is 7. The van der Waals surface area contributed by atoms with Crippen LogP contribution >= 0.6 is 0 Å². The zero-order chi connectivity index (χ0) is 23.5. The third-order valence-corrected chi connectivity index (χ3v) is 8.25. The summed E-state index contributed by atoms with van der Waals surface area (Å²) in [6.45, 7) is 3.73. The summed E-state index contributed by atoms with van der Waals surface area (Å²) in [5.41, 5.74) is 2.14. The molecule has 8 nitrogen and oxygen atoms in total. The van der Waals surface area contributed by atoms with E-state index in [1.165, 1.54) is 17.0 Å². The first-order valence-corrected chi connectivity index (χ1v) is 12.5. The van der Waals surface area contributed by atoms with Crippen molar-refractivity contribution < 1.29 is 27.8 Å². The van der Waals surface area contributed by atoms with Crippen LogP contribution in [-0.4, -0.2) is 81.2 Å². The van der Waals surface area contributed by atoms with Gasteiger partial charge in [-0.1, -0.05) is 19.1 Å². The topological polar surface area (TPSA) is 96.4 Å². The molecule has 0 spiro atoms. The Kier molecular flexibility index (Phi) is 7.97. The van der Waals surface area contributed by atoms with Gasteiger partial charge < -0.3 is 19.5 Å². The number of methoxy groups -OCH3 is 1. The highest BCUT2D eigenvalue weighted by molar-refractivity contribution is 7.89. The number of carbonyl (C=O) groups is 1. The number of ether oxygens (including phenoxy) is 2. The van der Waals surface area contributed by atoms with Gasteiger partial charge in [0, 0.05) is 32.7 Å². The molecule has 1 aromatic carbocycles. The first-order chi connectivity index (χ1) is 15.2. The van der Waals surface area contributed by atoms with Crippen LogP contribution in [0, 0.1) is 5.92 Å². The predicted octanol–water partition coefficient (Wildman–Crippen LogP) is 2.13. The fourth-order valence-corrected chi connectivity index (χ4v) is 6.01. The highest BCUT2D eigenvalue weighted by Gasteiger charge is 2.38. The second kappa shape index (κ2) is 10.3. The van der Waals surface area contributed by atoms with E-state index in [0.29, 0.717) is 0 Å². The predicted molar refractivity (Wildman–Crippen MR) is 122 cm³/mol. The van der Waals surface area contributed by atoms with Gasteiger partial charge in [0.1, 0.15) is 23.4 Å². The molecule has 0 fully saturated rings. The molecule has 178 valence electrons. The van der Waals surface area contributed by atoms with Gasteiger partial charge in [-0.05, 0) is 49.5 Å². The zero-order valence-corrected chi connectivity index (χ0v) is 20.1. The molecule has 1 heterocycles. The Labute approximate surface area is 190 Å². The summed E-state index contributed by atoms with van der Waals surface area (Å²) in [7, 11) is -0.726. The van der Waals surface area contributed by atoms with Gasteiger partial charge in [0.05, 0.1) is 13.2 Å². The van der Waals surface area contributed by atoms with Crippen LogP contribution in [0.5, 0.6) is 5.75 Å². The van der Waals surface area contributed by atoms with Crippen LogP contribution in [0.2, 0.25) is 0 Å². The molecule has 1 amide bonds. The number of allylic oxidation sites excluding steroid dienone is 2. The van der Waals surface area contributed by atoms with Gasteiger partial charge in [-0.2, -0.15) is 4.31 Å². The number of aliphatic hydroxyl groups excluding tert-OH is 1. The minimum Gasteiger partial charge on any atom is -0.487 e. The van der Waals surface area contributed by atoms with Gasteiger partial charge in [-0.25, -0.2) is 8.42 Å². The van der Waals surface area contributed by atoms with Crippen LogP contribution < -0.4 is 4.74 Å². The van der Waals surface area contributed by atoms with E-state index >= 15 is 0 Å². The number of hydrogen-bond donors (Lipinski definition) is 1. The fraction of sp³-hybridized carbons (Fsp3) is 0.609. The van der Waals surface area contributed by atoms with Crippen molar-refractivity contribution in [2.75, 3.05) is 40.5 Å². The van der Waals surface area contributed by atoms with Gasteiger partial charge in [-0.3, -0.25) is 4.79 Å². The van der Waals surface area contributed by atoms with E-state index in [1.807, 2.05) is 13.0 Å². The molecule has 1 aliphatic heterocycles. The monoisotopic (exact) mass is 466 g/mol. The molecule has 0 aromatic heterocycles. The number of hydrogen-bond acceptors (Lipinski definition) is 6. The van der Waals surface area contributed by atoms with E-state index in [2.05, 4.69) is 6.08 Å². The molecule has 32 heavy (non-hydrogen) atoms. The Morgan fingerprint density at radius 3 is 2.78 bits per heavy atom. The van der Waals surface area contributed by atoms with Gasteiger partial charge in [-0.15, -0.1) is 0 Å². The second-order valence-electron chi connectivity index (χ2n) is 8.73. The largest absolute Gasteiger partial charge is 0.487 e. The van der Waals surface area contributed by atoms with Crippen molar-refractivity contribution in [1.29, 1.82) is 0 Å². The molecule has 3 atom stereocenters. The third kappa shape index (κ3) is 5.17. The number of carbonyl (C=O) groups excluding carboxylic acids is 1. The average molecular weight is 467 g/mol. The molecule has 1 N–H and O–H groups in total. The lowest BCUT2D eigenvalue weighted by Gasteiger charge is -2.37. The Morgan fingerprint density at radius 1 is 1.41 bits per heavy atom. The molecular weight excluding hydrogens is 432 g/mol. The lowest BCUT2D eigenvalue weighted by atomic mass is 10.0. The quantitative estimate of drug-likeness (QED) is 0.661. The molecule has 3 rings (SSSR count). The maximum atomic E-state index is 13.5. The zero-order valence-electron chi connectivity index (χ0n) is 19.3. The van der Waals surface area contributed by atoms with Crippen molar-refractivity contribution in [2.24, 2.45) is 5.92 Å².